The van der Waals surface area contributed by atoms with Gasteiger partial charge in [0.25, 0.3) is 0 Å². The van der Waals surface area contributed by atoms with Crippen molar-refractivity contribution in [3.63, 3.8) is 0 Å². The first kappa shape index (κ1) is 16.3. The Bertz CT molecular complexity index is 821. The molecular formula is C17H10F3NO2. The third-order valence-electron chi connectivity index (χ3n) is 2.95. The fourth-order valence-electron chi connectivity index (χ4n) is 1.72. The summed E-state index contributed by atoms with van der Waals surface area (Å²) < 4.78 is 45.6. The molecule has 0 N–H and O–H groups in total. The first-order valence-corrected chi connectivity index (χ1v) is 6.46. The van der Waals surface area contributed by atoms with E-state index in [1.54, 1.807) is 25.1 Å². The van der Waals surface area contributed by atoms with E-state index in [1.807, 2.05) is 0 Å². The molecule has 0 bridgehead atoms. The summed E-state index contributed by atoms with van der Waals surface area (Å²) in [6, 6.07) is 10.3. The van der Waals surface area contributed by atoms with Crippen molar-refractivity contribution in [3.05, 3.63) is 70.8 Å². The van der Waals surface area contributed by atoms with Crippen LogP contribution in [-0.4, -0.2) is 5.97 Å². The number of nitriles is 1. The largest absolute Gasteiger partial charge is 0.421 e. The highest BCUT2D eigenvalue weighted by molar-refractivity contribution is 5.94. The van der Waals surface area contributed by atoms with Crippen LogP contribution >= 0.6 is 0 Å². The van der Waals surface area contributed by atoms with Crippen molar-refractivity contribution in [2.24, 2.45) is 0 Å². The Morgan fingerprint density at radius 2 is 1.78 bits per heavy atom. The first-order chi connectivity index (χ1) is 10.9. The molecule has 0 spiro atoms. The van der Waals surface area contributed by atoms with Gasteiger partial charge in [0.1, 0.15) is 17.6 Å². The van der Waals surface area contributed by atoms with Gasteiger partial charge in [-0.3, -0.25) is 0 Å². The number of nitrogens with zero attached hydrogens (tertiary/aromatic N) is 1. The molecule has 0 radical (unpaired) electrons. The summed E-state index contributed by atoms with van der Waals surface area (Å²) in [6.45, 7) is 1.77. The molecule has 0 atom stereocenters. The molecule has 0 unspecified atom stereocenters. The van der Waals surface area contributed by atoms with Gasteiger partial charge in [-0.05, 0) is 19.1 Å². The molecule has 0 aliphatic rings. The number of ether oxygens (including phenoxy) is 1. The number of rotatable bonds is 3. The monoisotopic (exact) mass is 317 g/mol. The molecule has 0 aliphatic carbocycles. The Morgan fingerprint density at radius 3 is 2.35 bits per heavy atom. The van der Waals surface area contributed by atoms with E-state index in [9.17, 15) is 18.0 Å². The fourth-order valence-corrected chi connectivity index (χ4v) is 1.72. The molecular weight excluding hydrogens is 307 g/mol. The highest BCUT2D eigenvalue weighted by atomic mass is 19.2. The predicted molar refractivity (Wildman–Crippen MR) is 77.1 cm³/mol. The summed E-state index contributed by atoms with van der Waals surface area (Å²) in [5, 5.41) is 8.58. The van der Waals surface area contributed by atoms with E-state index in [1.165, 1.54) is 12.1 Å². The predicted octanol–water partition coefficient (Wildman–Crippen LogP) is 4.22. The van der Waals surface area contributed by atoms with Gasteiger partial charge >= 0.3 is 5.97 Å². The number of hydrogen-bond donors (Lipinski definition) is 0. The lowest BCUT2D eigenvalue weighted by Crippen LogP contribution is -2.10. The highest BCUT2D eigenvalue weighted by Gasteiger charge is 2.20. The lowest BCUT2D eigenvalue weighted by molar-refractivity contribution is -0.131. The molecule has 0 aromatic heterocycles. The quantitative estimate of drug-likeness (QED) is 0.484. The van der Waals surface area contributed by atoms with Crippen molar-refractivity contribution in [2.45, 2.75) is 6.92 Å². The lowest BCUT2D eigenvalue weighted by atomic mass is 10.1. The number of carbonyl (C=O) groups is 1. The molecule has 6 heteroatoms. The van der Waals surface area contributed by atoms with Gasteiger partial charge < -0.3 is 4.74 Å². The highest BCUT2D eigenvalue weighted by Crippen LogP contribution is 2.24. The van der Waals surface area contributed by atoms with Gasteiger partial charge in [-0.1, -0.05) is 29.8 Å². The molecule has 23 heavy (non-hydrogen) atoms. The molecule has 0 aliphatic heterocycles. The van der Waals surface area contributed by atoms with Crippen LogP contribution in [0.4, 0.5) is 13.2 Å². The minimum atomic E-state index is -1.72. The van der Waals surface area contributed by atoms with Crippen LogP contribution in [0.2, 0.25) is 0 Å². The maximum absolute atomic E-state index is 13.9. The summed E-state index contributed by atoms with van der Waals surface area (Å²) in [6.07, 6.45) is 0. The van der Waals surface area contributed by atoms with Gasteiger partial charge in [-0.2, -0.15) is 9.65 Å². The Labute approximate surface area is 130 Å². The zero-order valence-corrected chi connectivity index (χ0v) is 11.9. The molecule has 2 aromatic rings. The van der Waals surface area contributed by atoms with Crippen LogP contribution in [0.5, 0.6) is 5.75 Å². The van der Waals surface area contributed by atoms with Crippen molar-refractivity contribution in [1.82, 2.24) is 0 Å². The zero-order chi connectivity index (χ0) is 17.0. The third kappa shape index (κ3) is 3.77. The second-order valence-electron chi connectivity index (χ2n) is 4.64. The minimum absolute atomic E-state index is 0.115. The average Bonchev–Trinajstić information content (AvgIpc) is 2.54. The van der Waals surface area contributed by atoms with Crippen LogP contribution in [0.3, 0.4) is 0 Å². The number of benzene rings is 2. The van der Waals surface area contributed by atoms with Crippen molar-refractivity contribution >= 4 is 11.8 Å². The van der Waals surface area contributed by atoms with Crippen LogP contribution in [-0.2, 0) is 4.79 Å². The van der Waals surface area contributed by atoms with Crippen molar-refractivity contribution in [1.29, 1.82) is 5.26 Å². The third-order valence-corrected chi connectivity index (χ3v) is 2.95. The molecule has 0 amide bonds. The van der Waals surface area contributed by atoms with E-state index in [-0.39, 0.29) is 16.9 Å². The van der Waals surface area contributed by atoms with Crippen LogP contribution in [0.25, 0.3) is 5.83 Å². The normalized spacial score (nSPS) is 11.4. The molecule has 0 heterocycles. The second kappa shape index (κ2) is 6.79. The standard InChI is InChI=1S/C17H10F3NO2/c1-10-2-4-11(5-3-10)15(19)16(20)17(22)23-13-7-6-12(9-21)14(18)8-13/h2-8H,1H3. The number of hydrogen-bond acceptors (Lipinski definition) is 3. The van der Waals surface area contributed by atoms with Crippen LogP contribution in [0.15, 0.2) is 48.3 Å². The van der Waals surface area contributed by atoms with E-state index in [0.717, 1.165) is 23.8 Å². The summed E-state index contributed by atoms with van der Waals surface area (Å²) >= 11 is 0. The fraction of sp³-hybridized carbons (Fsp3) is 0.0588. The van der Waals surface area contributed by atoms with E-state index in [2.05, 4.69) is 4.74 Å². The van der Waals surface area contributed by atoms with Gasteiger partial charge in [0.2, 0.25) is 5.83 Å². The maximum Gasteiger partial charge on any atom is 0.375 e. The molecule has 0 saturated carbocycles. The van der Waals surface area contributed by atoms with Crippen molar-refractivity contribution in [3.8, 4) is 11.8 Å². The van der Waals surface area contributed by atoms with E-state index in [4.69, 9.17) is 5.26 Å². The van der Waals surface area contributed by atoms with Gasteiger partial charge in [0.05, 0.1) is 5.56 Å². The van der Waals surface area contributed by atoms with Gasteiger partial charge in [0.15, 0.2) is 5.83 Å². The van der Waals surface area contributed by atoms with Gasteiger partial charge in [-0.15, -0.1) is 0 Å². The SMILES string of the molecule is Cc1ccc(C(F)=C(F)C(=O)Oc2ccc(C#N)c(F)c2)cc1. The van der Waals surface area contributed by atoms with Crippen LogP contribution in [0, 0.1) is 24.1 Å². The molecule has 2 aromatic carbocycles. The molecule has 3 nitrogen and oxygen atoms in total. The summed E-state index contributed by atoms with van der Waals surface area (Å²) in [5.74, 6) is -5.95. The molecule has 0 saturated heterocycles. The number of aryl methyl sites for hydroxylation is 1. The van der Waals surface area contributed by atoms with Crippen LogP contribution < -0.4 is 4.74 Å². The number of halogens is 3. The van der Waals surface area contributed by atoms with Crippen molar-refractivity contribution in [2.75, 3.05) is 0 Å². The summed E-state index contributed by atoms with van der Waals surface area (Å²) in [7, 11) is 0. The number of carbonyl (C=O) groups excluding carboxylic acids is 1. The maximum atomic E-state index is 13.9. The molecule has 0 fully saturated rings. The Morgan fingerprint density at radius 1 is 1.13 bits per heavy atom. The topological polar surface area (TPSA) is 50.1 Å². The van der Waals surface area contributed by atoms with E-state index < -0.39 is 23.4 Å². The van der Waals surface area contributed by atoms with Gasteiger partial charge in [-0.25, -0.2) is 13.6 Å². The minimum Gasteiger partial charge on any atom is -0.421 e. The Kier molecular flexibility index (Phi) is 4.82. The summed E-state index contributed by atoms with van der Waals surface area (Å²) in [4.78, 5) is 11.6. The Hall–Kier alpha value is -3.07. The molecule has 2 rings (SSSR count). The van der Waals surface area contributed by atoms with Crippen molar-refractivity contribution < 1.29 is 22.7 Å². The number of esters is 1. The van der Waals surface area contributed by atoms with Crippen LogP contribution in [0.1, 0.15) is 16.7 Å². The smallest absolute Gasteiger partial charge is 0.375 e. The first-order valence-electron chi connectivity index (χ1n) is 6.46. The van der Waals surface area contributed by atoms with E-state index in [0.29, 0.717) is 0 Å². The molecule has 116 valence electrons. The van der Waals surface area contributed by atoms with Gasteiger partial charge in [0, 0.05) is 11.6 Å². The average molecular weight is 317 g/mol. The summed E-state index contributed by atoms with van der Waals surface area (Å²) in [5.41, 5.74) is 0.473. The lowest BCUT2D eigenvalue weighted by Gasteiger charge is -2.05. The van der Waals surface area contributed by atoms with E-state index >= 15 is 0 Å². The Balaban J connectivity index is 2.22. The second-order valence-corrected chi connectivity index (χ2v) is 4.64. The zero-order valence-electron chi connectivity index (χ0n) is 11.9.